The van der Waals surface area contributed by atoms with Gasteiger partial charge in [0.05, 0.1) is 27.4 Å². The molecule has 3 saturated heterocycles. The highest BCUT2D eigenvalue weighted by Crippen LogP contribution is 2.59. The van der Waals surface area contributed by atoms with E-state index in [9.17, 15) is 23.3 Å². The molecule has 0 aromatic heterocycles. The van der Waals surface area contributed by atoms with Crippen molar-refractivity contribution in [2.24, 2.45) is 34.0 Å². The molecule has 2 aliphatic carbocycles. The number of nitrogens with one attached hydrogen (secondary N) is 4. The quantitative estimate of drug-likeness (QED) is 0.124. The summed E-state index contributed by atoms with van der Waals surface area (Å²) in [5.74, 6) is 1.18. The number of hydrogen-bond acceptors (Lipinski definition) is 11. The standard InChI is InChI=1S/C54H69ClFN7O6S/c1-52(2)49(53(3,4)50(52)68-38-18-17-35(29-57)42(55)27-38)61-47(64)36-30-59-51(60-31-36)63-25-21-33(22-26-63)11-9-12-34-13-10-16-44(45(34)56)69-43-20-19-39(70(6,66)67)28-40(43)41-32-62(5)48(65)46-54(41,23-24-58-46)37-14-7-8-15-37/h10,13,16-20,27-28,32-33,36-37,46,49-51,58-60H,7-9,11-12,14-15,21-26,30-31H2,1-6H3,(H,61,64). The molecule has 70 heavy (non-hydrogen) atoms. The van der Waals surface area contributed by atoms with Gasteiger partial charge in [-0.05, 0) is 111 Å². The van der Waals surface area contributed by atoms with Crippen molar-refractivity contribution in [3.05, 3.63) is 88.3 Å². The van der Waals surface area contributed by atoms with E-state index in [0.29, 0.717) is 65.2 Å². The Hall–Kier alpha value is -4.56. The van der Waals surface area contributed by atoms with Gasteiger partial charge in [-0.2, -0.15) is 5.26 Å². The first-order chi connectivity index (χ1) is 33.3. The molecule has 6 aliphatic rings. The highest BCUT2D eigenvalue weighted by atomic mass is 35.5. The summed E-state index contributed by atoms with van der Waals surface area (Å²) in [5.41, 5.74) is 1.20. The SMILES string of the molecule is CN1C=C(c2cc(S(C)(=O)=O)ccc2Oc2cccc(CCCC3CCN(C4NCC(C(=O)NC5C(C)(C)C(Oc6ccc(C#N)c(Cl)c6)C5(C)C)CN4)CC3)c2F)C2(C3CCCC3)CCNC2C1=O. The molecule has 13 nitrogen and oxygen atoms in total. The molecule has 5 fully saturated rings. The molecule has 0 radical (unpaired) electrons. The molecule has 4 heterocycles. The number of ether oxygens (including phenoxy) is 2. The van der Waals surface area contributed by atoms with Gasteiger partial charge in [0, 0.05) is 79.6 Å². The minimum absolute atomic E-state index is 0.00353. The fourth-order valence-electron chi connectivity index (χ4n) is 13.4. The number of benzene rings is 3. The lowest BCUT2D eigenvalue weighted by Gasteiger charge is -2.63. The van der Waals surface area contributed by atoms with Crippen LogP contribution in [0.5, 0.6) is 17.2 Å². The van der Waals surface area contributed by atoms with Gasteiger partial charge in [0.2, 0.25) is 11.8 Å². The van der Waals surface area contributed by atoms with Crippen LogP contribution in [0, 0.1) is 51.1 Å². The Balaban J connectivity index is 0.771. The summed E-state index contributed by atoms with van der Waals surface area (Å²) in [6, 6.07) is 16.7. The highest BCUT2D eigenvalue weighted by molar-refractivity contribution is 7.90. The van der Waals surface area contributed by atoms with E-state index < -0.39 is 27.1 Å². The van der Waals surface area contributed by atoms with Crippen LogP contribution in [0.15, 0.2) is 65.7 Å². The van der Waals surface area contributed by atoms with Crippen molar-refractivity contribution in [2.75, 3.05) is 46.0 Å². The topological polar surface area (TPSA) is 165 Å². The molecule has 16 heteroatoms. The van der Waals surface area contributed by atoms with Crippen LogP contribution in [0.3, 0.4) is 0 Å². The highest BCUT2D eigenvalue weighted by Gasteiger charge is 2.64. The Morgan fingerprint density at radius 1 is 0.971 bits per heavy atom. The number of fused-ring (bicyclic) bond motifs is 1. The van der Waals surface area contributed by atoms with Crippen LogP contribution in [0.4, 0.5) is 4.39 Å². The van der Waals surface area contributed by atoms with E-state index in [1.54, 1.807) is 48.3 Å². The van der Waals surface area contributed by atoms with Crippen LogP contribution in [0.1, 0.15) is 102 Å². The number of amides is 2. The van der Waals surface area contributed by atoms with Gasteiger partial charge < -0.3 is 25.0 Å². The van der Waals surface area contributed by atoms with Crippen LogP contribution in [-0.2, 0) is 25.8 Å². The smallest absolute Gasteiger partial charge is 0.244 e. The number of sulfone groups is 1. The third-order valence-electron chi connectivity index (χ3n) is 16.8. The molecular formula is C54H69ClFN7O6S. The summed E-state index contributed by atoms with van der Waals surface area (Å²) in [6.07, 6.45) is 12.1. The first kappa shape index (κ1) is 50.4. The molecule has 0 bridgehead atoms. The molecule has 9 rings (SSSR count). The van der Waals surface area contributed by atoms with Gasteiger partial charge in [-0.3, -0.25) is 25.1 Å². The summed E-state index contributed by atoms with van der Waals surface area (Å²) in [4.78, 5) is 31.5. The monoisotopic (exact) mass is 997 g/mol. The van der Waals surface area contributed by atoms with E-state index >= 15 is 4.39 Å². The third-order valence-corrected chi connectivity index (χ3v) is 18.3. The van der Waals surface area contributed by atoms with Gasteiger partial charge >= 0.3 is 0 Å². The van der Waals surface area contributed by atoms with Crippen LogP contribution in [-0.4, -0.2) is 101 Å². The van der Waals surface area contributed by atoms with E-state index in [4.69, 9.17) is 21.1 Å². The fraction of sp³-hybridized carbons (Fsp3) is 0.574. The predicted octanol–water partition coefficient (Wildman–Crippen LogP) is 8.02. The summed E-state index contributed by atoms with van der Waals surface area (Å²) in [5, 5.41) is 23.6. The third kappa shape index (κ3) is 9.49. The maximum absolute atomic E-state index is 16.5. The van der Waals surface area contributed by atoms with Gasteiger partial charge in [0.25, 0.3) is 0 Å². The van der Waals surface area contributed by atoms with Crippen molar-refractivity contribution in [3.63, 3.8) is 0 Å². The molecule has 2 saturated carbocycles. The molecule has 3 aromatic rings. The average Bonchev–Trinajstić information content (AvgIpc) is 4.05. The second-order valence-corrected chi connectivity index (χ2v) is 24.5. The van der Waals surface area contributed by atoms with E-state index in [1.807, 2.05) is 18.3 Å². The number of nitriles is 1. The number of nitrogens with zero attached hydrogens (tertiary/aromatic N) is 3. The van der Waals surface area contributed by atoms with Gasteiger partial charge in [0.1, 0.15) is 30.0 Å². The number of rotatable bonds is 14. The number of carbonyl (C=O) groups excluding carboxylic acids is 2. The molecule has 3 aromatic carbocycles. The summed E-state index contributed by atoms with van der Waals surface area (Å²) in [6.45, 7) is 12.1. The lowest BCUT2D eigenvalue weighted by molar-refractivity contribution is -0.174. The van der Waals surface area contributed by atoms with Gasteiger partial charge in [-0.1, -0.05) is 70.7 Å². The van der Waals surface area contributed by atoms with Crippen molar-refractivity contribution in [2.45, 2.75) is 121 Å². The zero-order chi connectivity index (χ0) is 49.8. The van der Waals surface area contributed by atoms with E-state index in [1.165, 1.54) is 12.3 Å². The van der Waals surface area contributed by atoms with Crippen LogP contribution in [0.25, 0.3) is 5.57 Å². The lowest BCUT2D eigenvalue weighted by atomic mass is 9.49. The molecule has 376 valence electrons. The predicted molar refractivity (Wildman–Crippen MR) is 268 cm³/mol. The minimum Gasteiger partial charge on any atom is -0.489 e. The first-order valence-electron chi connectivity index (χ1n) is 25.2. The second kappa shape index (κ2) is 19.8. The number of carbonyl (C=O) groups is 2. The zero-order valence-electron chi connectivity index (χ0n) is 41.4. The fourth-order valence-corrected chi connectivity index (χ4v) is 14.2. The van der Waals surface area contributed by atoms with E-state index in [-0.39, 0.29) is 63.6 Å². The Bertz CT molecular complexity index is 2650. The summed E-state index contributed by atoms with van der Waals surface area (Å²) >= 11 is 6.28. The van der Waals surface area contributed by atoms with E-state index in [0.717, 1.165) is 76.5 Å². The molecular weight excluding hydrogens is 929 g/mol. The molecule has 4 aliphatic heterocycles. The van der Waals surface area contributed by atoms with Crippen molar-refractivity contribution in [1.29, 1.82) is 5.26 Å². The lowest BCUT2D eigenvalue weighted by Crippen LogP contribution is -2.75. The summed E-state index contributed by atoms with van der Waals surface area (Å²) in [7, 11) is -1.85. The maximum atomic E-state index is 16.5. The normalized spacial score (nSPS) is 28.1. The second-order valence-electron chi connectivity index (χ2n) is 22.0. The molecule has 4 N–H and O–H groups in total. The number of halogens is 2. The van der Waals surface area contributed by atoms with Crippen molar-refractivity contribution in [1.82, 2.24) is 31.1 Å². The number of hydrogen-bond donors (Lipinski definition) is 4. The summed E-state index contributed by atoms with van der Waals surface area (Å²) < 4.78 is 55.3. The van der Waals surface area contributed by atoms with Crippen LogP contribution >= 0.6 is 11.6 Å². The van der Waals surface area contributed by atoms with Crippen LogP contribution in [0.2, 0.25) is 5.02 Å². The maximum Gasteiger partial charge on any atom is 0.244 e. The Labute approximate surface area is 418 Å². The number of piperidine rings is 1. The molecule has 2 atom stereocenters. The van der Waals surface area contributed by atoms with E-state index in [2.05, 4.69) is 59.9 Å². The average molecular weight is 999 g/mol. The number of aryl methyl sites for hydroxylation is 1. The molecule has 2 amide bonds. The molecule has 0 spiro atoms. The zero-order valence-corrected chi connectivity index (χ0v) is 42.9. The largest absolute Gasteiger partial charge is 0.489 e. The Morgan fingerprint density at radius 2 is 1.69 bits per heavy atom. The Kier molecular flexibility index (Phi) is 14.3. The van der Waals surface area contributed by atoms with Crippen molar-refractivity contribution in [3.8, 4) is 23.3 Å². The van der Waals surface area contributed by atoms with Crippen molar-refractivity contribution >= 4 is 38.8 Å². The van der Waals surface area contributed by atoms with Gasteiger partial charge in [-0.15, -0.1) is 0 Å². The molecule has 2 unspecified atom stereocenters. The number of likely N-dealkylation sites (N-methyl/N-ethyl adjacent to an activating group) is 1. The van der Waals surface area contributed by atoms with Crippen LogP contribution < -0.4 is 30.7 Å². The minimum atomic E-state index is -3.59. The van der Waals surface area contributed by atoms with Crippen molar-refractivity contribution < 1.29 is 31.9 Å². The Morgan fingerprint density at radius 3 is 2.36 bits per heavy atom. The number of likely N-dealkylation sites (tertiary alicyclic amines) is 1. The van der Waals surface area contributed by atoms with Gasteiger partial charge in [0.15, 0.2) is 21.4 Å². The first-order valence-corrected chi connectivity index (χ1v) is 27.5. The van der Waals surface area contributed by atoms with Gasteiger partial charge in [-0.25, -0.2) is 12.8 Å².